The van der Waals surface area contributed by atoms with Crippen molar-refractivity contribution in [1.82, 2.24) is 19.7 Å². The van der Waals surface area contributed by atoms with Gasteiger partial charge < -0.3 is 4.90 Å². The van der Waals surface area contributed by atoms with Crippen molar-refractivity contribution in [3.8, 4) is 11.9 Å². The Morgan fingerprint density at radius 2 is 1.79 bits per heavy atom. The largest absolute Gasteiger partial charge is 0.330 e. The van der Waals surface area contributed by atoms with Crippen LogP contribution in [0.4, 0.5) is 4.39 Å². The monoisotopic (exact) mass is 439 g/mol. The predicted molar refractivity (Wildman–Crippen MR) is 122 cm³/mol. The van der Waals surface area contributed by atoms with Gasteiger partial charge in [-0.25, -0.2) is 14.1 Å². The van der Waals surface area contributed by atoms with Gasteiger partial charge >= 0.3 is 0 Å². The summed E-state index contributed by atoms with van der Waals surface area (Å²) in [4.78, 5) is 19.5. The van der Waals surface area contributed by atoms with Crippen LogP contribution in [0.25, 0.3) is 5.82 Å². The van der Waals surface area contributed by atoms with Gasteiger partial charge in [0.15, 0.2) is 5.82 Å². The number of halogens is 1. The molecule has 4 rings (SSSR count). The minimum Gasteiger partial charge on any atom is -0.330 e. The number of aromatic nitrogens is 3. The van der Waals surface area contributed by atoms with E-state index in [9.17, 15) is 9.18 Å². The fraction of sp³-hybridized carbons (Fsp3) is 0.154. The maximum atomic E-state index is 13.7. The van der Waals surface area contributed by atoms with Crippen molar-refractivity contribution in [2.45, 2.75) is 26.9 Å². The molecule has 0 atom stereocenters. The summed E-state index contributed by atoms with van der Waals surface area (Å²) in [6, 6.07) is 20.8. The molecular formula is C26H22FN5O. The zero-order valence-corrected chi connectivity index (χ0v) is 18.4. The number of amides is 1. The van der Waals surface area contributed by atoms with Crippen molar-refractivity contribution < 1.29 is 9.18 Å². The number of pyridine rings is 1. The number of nitrogens with zero attached hydrogens (tertiary/aromatic N) is 5. The topological polar surface area (TPSA) is 74.8 Å². The van der Waals surface area contributed by atoms with Gasteiger partial charge in [0, 0.05) is 25.0 Å². The van der Waals surface area contributed by atoms with E-state index in [0.29, 0.717) is 29.1 Å². The van der Waals surface area contributed by atoms with Gasteiger partial charge in [-0.2, -0.15) is 10.4 Å². The van der Waals surface area contributed by atoms with E-state index in [-0.39, 0.29) is 18.3 Å². The Balaban J connectivity index is 1.61. The van der Waals surface area contributed by atoms with Crippen LogP contribution < -0.4 is 0 Å². The van der Waals surface area contributed by atoms with E-state index in [1.165, 1.54) is 18.3 Å². The molecular weight excluding hydrogens is 417 g/mol. The Kier molecular flexibility index (Phi) is 6.27. The summed E-state index contributed by atoms with van der Waals surface area (Å²) in [5, 5.41) is 13.5. The second kappa shape index (κ2) is 9.45. The predicted octanol–water partition coefficient (Wildman–Crippen LogP) is 4.74. The number of aryl methyl sites for hydroxylation is 2. The first kappa shape index (κ1) is 21.9. The number of carbonyl (C=O) groups is 1. The Morgan fingerprint density at radius 1 is 1.03 bits per heavy atom. The van der Waals surface area contributed by atoms with E-state index in [0.717, 1.165) is 17.0 Å². The number of rotatable bonds is 6. The lowest BCUT2D eigenvalue weighted by Crippen LogP contribution is -2.30. The maximum Gasteiger partial charge on any atom is 0.256 e. The van der Waals surface area contributed by atoms with E-state index in [4.69, 9.17) is 5.26 Å². The summed E-state index contributed by atoms with van der Waals surface area (Å²) in [5.74, 6) is 0.0474. The van der Waals surface area contributed by atoms with Gasteiger partial charge in [0.05, 0.1) is 22.9 Å². The number of hydrogen-bond donors (Lipinski definition) is 0. The standard InChI is InChI=1S/C26H22FN5O/c1-18-12-19(2)32(30-18)25-11-10-23(15-29-25)26(33)31(17-22-4-3-5-24(27)13-22)16-21-8-6-20(14-28)7-9-21/h3-13,15H,16-17H2,1-2H3. The van der Waals surface area contributed by atoms with Crippen LogP contribution in [0.3, 0.4) is 0 Å². The smallest absolute Gasteiger partial charge is 0.256 e. The normalized spacial score (nSPS) is 10.6. The van der Waals surface area contributed by atoms with Crippen LogP contribution in [0, 0.1) is 31.0 Å². The number of nitriles is 1. The van der Waals surface area contributed by atoms with Crippen LogP contribution in [0.2, 0.25) is 0 Å². The lowest BCUT2D eigenvalue weighted by Gasteiger charge is -2.23. The zero-order chi connectivity index (χ0) is 23.4. The van der Waals surface area contributed by atoms with E-state index in [2.05, 4.69) is 16.2 Å². The summed E-state index contributed by atoms with van der Waals surface area (Å²) >= 11 is 0. The molecule has 6 nitrogen and oxygen atoms in total. The van der Waals surface area contributed by atoms with Crippen LogP contribution in [0.1, 0.15) is 38.4 Å². The average Bonchev–Trinajstić information content (AvgIpc) is 3.16. The first-order valence-electron chi connectivity index (χ1n) is 10.5. The molecule has 4 aromatic rings. The SMILES string of the molecule is Cc1cc(C)n(-c2ccc(C(=O)N(Cc3ccc(C#N)cc3)Cc3cccc(F)c3)cn2)n1. The summed E-state index contributed by atoms with van der Waals surface area (Å²) in [6.45, 7) is 4.39. The van der Waals surface area contributed by atoms with Crippen molar-refractivity contribution in [3.63, 3.8) is 0 Å². The summed E-state index contributed by atoms with van der Waals surface area (Å²) in [7, 11) is 0. The van der Waals surface area contributed by atoms with Gasteiger partial charge in [-0.15, -0.1) is 0 Å². The van der Waals surface area contributed by atoms with E-state index in [1.54, 1.807) is 46.0 Å². The molecule has 0 spiro atoms. The maximum absolute atomic E-state index is 13.7. The van der Waals surface area contributed by atoms with Crippen molar-refractivity contribution in [2.75, 3.05) is 0 Å². The molecule has 0 aliphatic rings. The van der Waals surface area contributed by atoms with Gasteiger partial charge in [-0.05, 0) is 67.4 Å². The second-order valence-electron chi connectivity index (χ2n) is 7.84. The molecule has 33 heavy (non-hydrogen) atoms. The van der Waals surface area contributed by atoms with Crippen molar-refractivity contribution in [2.24, 2.45) is 0 Å². The zero-order valence-electron chi connectivity index (χ0n) is 18.4. The van der Waals surface area contributed by atoms with Gasteiger partial charge in [0.1, 0.15) is 5.82 Å². The lowest BCUT2D eigenvalue weighted by molar-refractivity contribution is 0.0729. The van der Waals surface area contributed by atoms with Crippen LogP contribution >= 0.6 is 0 Å². The molecule has 0 fully saturated rings. The van der Waals surface area contributed by atoms with Gasteiger partial charge in [0.25, 0.3) is 5.91 Å². The molecule has 0 unspecified atom stereocenters. The highest BCUT2D eigenvalue weighted by molar-refractivity contribution is 5.94. The number of carbonyl (C=O) groups excluding carboxylic acids is 1. The van der Waals surface area contributed by atoms with Crippen molar-refractivity contribution in [3.05, 3.63) is 112 Å². The van der Waals surface area contributed by atoms with Crippen LogP contribution in [0.5, 0.6) is 0 Å². The second-order valence-corrected chi connectivity index (χ2v) is 7.84. The molecule has 0 aliphatic carbocycles. The first-order chi connectivity index (χ1) is 15.9. The number of benzene rings is 2. The fourth-order valence-corrected chi connectivity index (χ4v) is 3.64. The molecule has 1 amide bonds. The van der Waals surface area contributed by atoms with Crippen LogP contribution in [-0.4, -0.2) is 25.6 Å². The quantitative estimate of drug-likeness (QED) is 0.435. The van der Waals surface area contributed by atoms with Gasteiger partial charge in [-0.3, -0.25) is 4.79 Å². The van der Waals surface area contributed by atoms with E-state index in [1.807, 2.05) is 32.0 Å². The lowest BCUT2D eigenvalue weighted by atomic mass is 10.1. The summed E-state index contributed by atoms with van der Waals surface area (Å²) in [6.07, 6.45) is 1.53. The summed E-state index contributed by atoms with van der Waals surface area (Å²) in [5.41, 5.74) is 4.36. The molecule has 2 aromatic heterocycles. The van der Waals surface area contributed by atoms with E-state index < -0.39 is 0 Å². The molecule has 0 N–H and O–H groups in total. The minimum atomic E-state index is -0.353. The van der Waals surface area contributed by atoms with Crippen molar-refractivity contribution in [1.29, 1.82) is 5.26 Å². The van der Waals surface area contributed by atoms with Gasteiger partial charge in [0.2, 0.25) is 0 Å². The highest BCUT2D eigenvalue weighted by atomic mass is 19.1. The Morgan fingerprint density at radius 3 is 2.39 bits per heavy atom. The Hall–Kier alpha value is -4.31. The average molecular weight is 439 g/mol. The highest BCUT2D eigenvalue weighted by Gasteiger charge is 2.18. The highest BCUT2D eigenvalue weighted by Crippen LogP contribution is 2.17. The molecule has 0 aliphatic heterocycles. The Bertz CT molecular complexity index is 1320. The first-order valence-corrected chi connectivity index (χ1v) is 10.5. The minimum absolute atomic E-state index is 0.226. The molecule has 7 heteroatoms. The third-order valence-corrected chi connectivity index (χ3v) is 5.23. The van der Waals surface area contributed by atoms with Crippen LogP contribution in [0.15, 0.2) is 72.9 Å². The third-order valence-electron chi connectivity index (χ3n) is 5.23. The molecule has 0 bridgehead atoms. The van der Waals surface area contributed by atoms with Gasteiger partial charge in [-0.1, -0.05) is 24.3 Å². The summed E-state index contributed by atoms with van der Waals surface area (Å²) < 4.78 is 15.5. The van der Waals surface area contributed by atoms with Crippen LogP contribution in [-0.2, 0) is 13.1 Å². The molecule has 0 radical (unpaired) electrons. The fourth-order valence-electron chi connectivity index (χ4n) is 3.64. The molecule has 2 aromatic carbocycles. The third kappa shape index (κ3) is 5.13. The van der Waals surface area contributed by atoms with E-state index >= 15 is 0 Å². The molecule has 0 saturated heterocycles. The molecule has 164 valence electrons. The Labute approximate surface area is 191 Å². The molecule has 2 heterocycles. The number of hydrogen-bond acceptors (Lipinski definition) is 4. The molecule has 0 saturated carbocycles. The van der Waals surface area contributed by atoms with Crippen molar-refractivity contribution >= 4 is 5.91 Å².